The normalized spacial score (nSPS) is 15.3. The van der Waals surface area contributed by atoms with Crippen molar-refractivity contribution in [2.45, 2.75) is 29.4 Å². The predicted molar refractivity (Wildman–Crippen MR) is 127 cm³/mol. The van der Waals surface area contributed by atoms with Crippen molar-refractivity contribution >= 4 is 49.5 Å². The molecule has 0 saturated carbocycles. The van der Waals surface area contributed by atoms with Crippen molar-refractivity contribution in [1.29, 1.82) is 0 Å². The van der Waals surface area contributed by atoms with Crippen LogP contribution in [0.5, 0.6) is 5.75 Å². The average molecular weight is 497 g/mol. The van der Waals surface area contributed by atoms with Crippen LogP contribution >= 0.6 is 34.5 Å². The van der Waals surface area contributed by atoms with Gasteiger partial charge in [-0.25, -0.2) is 13.4 Å². The Balaban J connectivity index is 1.39. The van der Waals surface area contributed by atoms with Crippen LogP contribution in [-0.2, 0) is 16.3 Å². The SMILES string of the molecule is COc1ccc(Cc2csc(N3CCC(S(=O)(=O)c4ccc(Cl)cc4Cl)CC3)n2)cc1. The van der Waals surface area contributed by atoms with Crippen LogP contribution in [0, 0.1) is 0 Å². The molecule has 0 unspecified atom stereocenters. The molecule has 9 heteroatoms. The molecule has 0 N–H and O–H groups in total. The van der Waals surface area contributed by atoms with Crippen molar-refractivity contribution in [3.63, 3.8) is 0 Å². The van der Waals surface area contributed by atoms with E-state index < -0.39 is 15.1 Å². The Bertz CT molecular complexity index is 1160. The standard InChI is InChI=1S/C22H22Cl2N2O3S2/c1-29-18-5-2-15(3-6-18)12-17-14-30-22(25-17)26-10-8-19(9-11-26)31(27,28)21-7-4-16(23)13-20(21)24/h2-7,13-14,19H,8-12H2,1H3. The third-order valence-electron chi connectivity index (χ3n) is 5.44. The molecule has 4 rings (SSSR count). The van der Waals surface area contributed by atoms with Gasteiger partial charge >= 0.3 is 0 Å². The molecule has 0 amide bonds. The van der Waals surface area contributed by atoms with Gasteiger partial charge in [0.25, 0.3) is 0 Å². The summed E-state index contributed by atoms with van der Waals surface area (Å²) in [5.41, 5.74) is 2.18. The van der Waals surface area contributed by atoms with Crippen molar-refractivity contribution in [2.75, 3.05) is 25.1 Å². The van der Waals surface area contributed by atoms with E-state index in [9.17, 15) is 8.42 Å². The third-order valence-corrected chi connectivity index (χ3v) is 9.36. The molecule has 1 aromatic heterocycles. The Hall–Kier alpha value is -1.80. The number of hydrogen-bond acceptors (Lipinski definition) is 6. The molecular weight excluding hydrogens is 475 g/mol. The molecule has 0 aliphatic carbocycles. The highest BCUT2D eigenvalue weighted by Crippen LogP contribution is 2.33. The Labute approximate surface area is 196 Å². The van der Waals surface area contributed by atoms with Crippen LogP contribution in [0.3, 0.4) is 0 Å². The fraction of sp³-hybridized carbons (Fsp3) is 0.318. The molecule has 2 heterocycles. The van der Waals surface area contributed by atoms with Gasteiger partial charge in [-0.15, -0.1) is 11.3 Å². The summed E-state index contributed by atoms with van der Waals surface area (Å²) in [6.45, 7) is 1.29. The van der Waals surface area contributed by atoms with Crippen molar-refractivity contribution in [3.8, 4) is 5.75 Å². The third kappa shape index (κ3) is 5.00. The molecule has 0 atom stereocenters. The minimum Gasteiger partial charge on any atom is -0.497 e. The number of aromatic nitrogens is 1. The van der Waals surface area contributed by atoms with Crippen molar-refractivity contribution in [3.05, 3.63) is 69.1 Å². The van der Waals surface area contributed by atoms with Gasteiger partial charge in [-0.2, -0.15) is 0 Å². The summed E-state index contributed by atoms with van der Waals surface area (Å²) >= 11 is 13.7. The van der Waals surface area contributed by atoms with E-state index in [1.807, 2.05) is 24.3 Å². The van der Waals surface area contributed by atoms with Crippen molar-refractivity contribution in [2.24, 2.45) is 0 Å². The number of ether oxygens (including phenoxy) is 1. The summed E-state index contributed by atoms with van der Waals surface area (Å²) in [6, 6.07) is 12.5. The van der Waals surface area contributed by atoms with Gasteiger partial charge in [0.2, 0.25) is 0 Å². The first-order chi connectivity index (χ1) is 14.9. The highest BCUT2D eigenvalue weighted by molar-refractivity contribution is 7.92. The Morgan fingerprint density at radius 1 is 1.13 bits per heavy atom. The van der Waals surface area contributed by atoms with E-state index in [0.29, 0.717) is 31.0 Å². The molecule has 1 aliphatic heterocycles. The zero-order chi connectivity index (χ0) is 22.0. The summed E-state index contributed by atoms with van der Waals surface area (Å²) in [7, 11) is -1.85. The maximum Gasteiger partial charge on any atom is 0.185 e. The molecular formula is C22H22Cl2N2O3S2. The van der Waals surface area contributed by atoms with E-state index >= 15 is 0 Å². The first kappa shape index (κ1) is 22.4. The van der Waals surface area contributed by atoms with Crippen LogP contribution in [0.15, 0.2) is 52.7 Å². The van der Waals surface area contributed by atoms with Crippen LogP contribution in [0.4, 0.5) is 5.13 Å². The molecule has 2 aromatic carbocycles. The van der Waals surface area contributed by atoms with Gasteiger partial charge < -0.3 is 9.64 Å². The van der Waals surface area contributed by atoms with Gasteiger partial charge in [0, 0.05) is 29.9 Å². The van der Waals surface area contributed by atoms with Gasteiger partial charge in [-0.1, -0.05) is 35.3 Å². The smallest absolute Gasteiger partial charge is 0.185 e. The lowest BCUT2D eigenvalue weighted by Gasteiger charge is -2.31. The molecule has 0 bridgehead atoms. The summed E-state index contributed by atoms with van der Waals surface area (Å²) in [4.78, 5) is 7.09. The summed E-state index contributed by atoms with van der Waals surface area (Å²) in [5, 5.41) is 3.15. The largest absolute Gasteiger partial charge is 0.497 e. The monoisotopic (exact) mass is 496 g/mol. The number of sulfone groups is 1. The summed E-state index contributed by atoms with van der Waals surface area (Å²) in [5.74, 6) is 0.834. The first-order valence-electron chi connectivity index (χ1n) is 9.88. The molecule has 31 heavy (non-hydrogen) atoms. The quantitative estimate of drug-likeness (QED) is 0.451. The summed E-state index contributed by atoms with van der Waals surface area (Å²) in [6.07, 6.45) is 1.82. The molecule has 1 saturated heterocycles. The minimum atomic E-state index is -3.50. The Morgan fingerprint density at radius 3 is 2.48 bits per heavy atom. The first-order valence-corrected chi connectivity index (χ1v) is 13.1. The number of anilines is 1. The number of piperidine rings is 1. The highest BCUT2D eigenvalue weighted by atomic mass is 35.5. The average Bonchev–Trinajstić information content (AvgIpc) is 3.22. The lowest BCUT2D eigenvalue weighted by molar-refractivity contribution is 0.414. The molecule has 3 aromatic rings. The number of methoxy groups -OCH3 is 1. The van der Waals surface area contributed by atoms with Gasteiger partial charge in [0.1, 0.15) is 5.75 Å². The van der Waals surface area contributed by atoms with E-state index in [0.717, 1.165) is 23.0 Å². The van der Waals surface area contributed by atoms with Gasteiger partial charge in [0.15, 0.2) is 15.0 Å². The van der Waals surface area contributed by atoms with E-state index in [1.165, 1.54) is 17.7 Å². The molecule has 0 spiro atoms. The van der Waals surface area contributed by atoms with Crippen LogP contribution in [0.1, 0.15) is 24.1 Å². The van der Waals surface area contributed by atoms with E-state index in [-0.39, 0.29) is 9.92 Å². The fourth-order valence-electron chi connectivity index (χ4n) is 3.72. The number of hydrogen-bond donors (Lipinski definition) is 0. The van der Waals surface area contributed by atoms with Gasteiger partial charge in [0.05, 0.1) is 28.0 Å². The minimum absolute atomic E-state index is 0.160. The Kier molecular flexibility index (Phi) is 6.77. The molecule has 1 aliphatic rings. The van der Waals surface area contributed by atoms with Crippen LogP contribution in [0.25, 0.3) is 0 Å². The second-order valence-corrected chi connectivity index (χ2v) is 11.3. The Morgan fingerprint density at radius 2 is 1.84 bits per heavy atom. The fourth-order valence-corrected chi connectivity index (χ4v) is 7.11. The number of benzene rings is 2. The molecule has 0 radical (unpaired) electrons. The number of halogens is 2. The van der Waals surface area contributed by atoms with Crippen LogP contribution in [-0.4, -0.2) is 38.9 Å². The maximum atomic E-state index is 13.0. The van der Waals surface area contributed by atoms with Crippen LogP contribution in [0.2, 0.25) is 10.0 Å². The molecule has 1 fully saturated rings. The second kappa shape index (κ2) is 9.36. The summed E-state index contributed by atoms with van der Waals surface area (Å²) < 4.78 is 31.3. The van der Waals surface area contributed by atoms with Crippen LogP contribution < -0.4 is 9.64 Å². The van der Waals surface area contributed by atoms with Crippen molar-refractivity contribution in [1.82, 2.24) is 4.98 Å². The topological polar surface area (TPSA) is 59.5 Å². The molecule has 164 valence electrons. The zero-order valence-corrected chi connectivity index (χ0v) is 20.1. The lowest BCUT2D eigenvalue weighted by Crippen LogP contribution is -2.39. The van der Waals surface area contributed by atoms with E-state index in [4.69, 9.17) is 32.9 Å². The number of nitrogens with zero attached hydrogens (tertiary/aromatic N) is 2. The van der Waals surface area contributed by atoms with Gasteiger partial charge in [-0.05, 0) is 48.7 Å². The lowest BCUT2D eigenvalue weighted by atomic mass is 10.1. The number of thiazole rings is 1. The van der Waals surface area contributed by atoms with Gasteiger partial charge in [-0.3, -0.25) is 0 Å². The second-order valence-electron chi connectivity index (χ2n) is 7.45. The predicted octanol–water partition coefficient (Wildman–Crippen LogP) is 5.49. The van der Waals surface area contributed by atoms with E-state index in [1.54, 1.807) is 24.5 Å². The van der Waals surface area contributed by atoms with E-state index in [2.05, 4.69) is 10.3 Å². The molecule has 5 nitrogen and oxygen atoms in total. The highest BCUT2D eigenvalue weighted by Gasteiger charge is 2.33. The zero-order valence-electron chi connectivity index (χ0n) is 16.9. The maximum absolute atomic E-state index is 13.0. The van der Waals surface area contributed by atoms with Crippen molar-refractivity contribution < 1.29 is 13.2 Å². The number of rotatable bonds is 6.